The van der Waals surface area contributed by atoms with Crippen molar-refractivity contribution in [2.75, 3.05) is 18.2 Å². The van der Waals surface area contributed by atoms with Crippen LogP contribution < -0.4 is 5.32 Å². The van der Waals surface area contributed by atoms with Gasteiger partial charge in [0.25, 0.3) is 5.22 Å². The van der Waals surface area contributed by atoms with Crippen molar-refractivity contribution in [2.45, 2.75) is 5.22 Å². The van der Waals surface area contributed by atoms with E-state index in [-0.39, 0.29) is 22.4 Å². The number of para-hydroxylation sites is 1. The van der Waals surface area contributed by atoms with Gasteiger partial charge in [0.15, 0.2) is 0 Å². The van der Waals surface area contributed by atoms with Gasteiger partial charge in [-0.1, -0.05) is 35.5 Å². The molecule has 7 nitrogen and oxygen atoms in total. The smallest absolute Gasteiger partial charge is 0.339 e. The first-order valence-corrected chi connectivity index (χ1v) is 9.12. The van der Waals surface area contributed by atoms with Crippen LogP contribution in [0.5, 0.6) is 0 Å². The molecule has 0 saturated carbocycles. The van der Waals surface area contributed by atoms with Crippen LogP contribution in [0.4, 0.5) is 5.69 Å². The highest BCUT2D eigenvalue weighted by Gasteiger charge is 2.15. The molecule has 1 aromatic heterocycles. The maximum Gasteiger partial charge on any atom is 0.339 e. The van der Waals surface area contributed by atoms with E-state index in [1.807, 2.05) is 0 Å². The van der Waals surface area contributed by atoms with E-state index in [4.69, 9.17) is 20.8 Å². The minimum absolute atomic E-state index is 0.0394. The molecule has 1 amide bonds. The summed E-state index contributed by atoms with van der Waals surface area (Å²) >= 11 is 6.94. The topological polar surface area (TPSA) is 94.3 Å². The Kier molecular flexibility index (Phi) is 6.10. The normalized spacial score (nSPS) is 10.4. The van der Waals surface area contributed by atoms with Gasteiger partial charge in [-0.25, -0.2) is 4.79 Å². The SMILES string of the molecule is COC(=O)c1ccccc1NC(=O)CSc1nnc(-c2ccc(Cl)cc2)o1. The summed E-state index contributed by atoms with van der Waals surface area (Å²) in [6.07, 6.45) is 0. The molecule has 0 aliphatic heterocycles. The molecule has 0 unspecified atom stereocenters. The molecule has 3 rings (SSSR count). The highest BCUT2D eigenvalue weighted by molar-refractivity contribution is 7.99. The highest BCUT2D eigenvalue weighted by Crippen LogP contribution is 2.24. The number of nitrogens with zero attached hydrogens (tertiary/aromatic N) is 2. The Morgan fingerprint density at radius 3 is 2.63 bits per heavy atom. The number of carbonyl (C=O) groups excluding carboxylic acids is 2. The first kappa shape index (κ1) is 18.9. The molecular weight excluding hydrogens is 390 g/mol. The summed E-state index contributed by atoms with van der Waals surface area (Å²) in [5.74, 6) is -0.464. The fourth-order valence-electron chi connectivity index (χ4n) is 2.17. The molecule has 0 saturated heterocycles. The first-order chi connectivity index (χ1) is 13.1. The number of methoxy groups -OCH3 is 1. The van der Waals surface area contributed by atoms with Crippen LogP contribution in [0.2, 0.25) is 5.02 Å². The van der Waals surface area contributed by atoms with Gasteiger partial charge >= 0.3 is 5.97 Å². The van der Waals surface area contributed by atoms with Crippen LogP contribution in [0.1, 0.15) is 10.4 Å². The van der Waals surface area contributed by atoms with Gasteiger partial charge in [0.1, 0.15) is 0 Å². The summed E-state index contributed by atoms with van der Waals surface area (Å²) in [4.78, 5) is 23.9. The summed E-state index contributed by atoms with van der Waals surface area (Å²) in [5.41, 5.74) is 1.39. The Bertz CT molecular complexity index is 959. The summed E-state index contributed by atoms with van der Waals surface area (Å²) in [6, 6.07) is 13.6. The van der Waals surface area contributed by atoms with Gasteiger partial charge in [-0.15, -0.1) is 10.2 Å². The third kappa shape index (κ3) is 4.87. The van der Waals surface area contributed by atoms with Gasteiger partial charge in [-0.2, -0.15) is 0 Å². The monoisotopic (exact) mass is 403 g/mol. The van der Waals surface area contributed by atoms with Crippen LogP contribution >= 0.6 is 23.4 Å². The lowest BCUT2D eigenvalue weighted by atomic mass is 10.2. The lowest BCUT2D eigenvalue weighted by Crippen LogP contribution is -2.17. The van der Waals surface area contributed by atoms with E-state index in [2.05, 4.69) is 15.5 Å². The number of halogens is 1. The Morgan fingerprint density at radius 2 is 1.89 bits per heavy atom. The molecule has 3 aromatic rings. The van der Waals surface area contributed by atoms with E-state index in [0.29, 0.717) is 16.6 Å². The number of carbonyl (C=O) groups is 2. The molecular formula is C18H14ClN3O4S. The molecule has 2 aromatic carbocycles. The van der Waals surface area contributed by atoms with Crippen LogP contribution in [0, 0.1) is 0 Å². The Hall–Kier alpha value is -2.84. The number of aromatic nitrogens is 2. The zero-order valence-corrected chi connectivity index (χ0v) is 15.7. The molecule has 0 radical (unpaired) electrons. The van der Waals surface area contributed by atoms with Crippen LogP contribution in [0.3, 0.4) is 0 Å². The number of benzene rings is 2. The van der Waals surface area contributed by atoms with Crippen LogP contribution in [-0.4, -0.2) is 34.9 Å². The molecule has 27 heavy (non-hydrogen) atoms. The lowest BCUT2D eigenvalue weighted by Gasteiger charge is -2.08. The second kappa shape index (κ2) is 8.70. The maximum atomic E-state index is 12.2. The summed E-state index contributed by atoms with van der Waals surface area (Å²) in [6.45, 7) is 0. The number of thioether (sulfide) groups is 1. The van der Waals surface area contributed by atoms with E-state index in [0.717, 1.165) is 17.3 Å². The predicted molar refractivity (Wildman–Crippen MR) is 102 cm³/mol. The molecule has 0 spiro atoms. The van der Waals surface area contributed by atoms with Crippen molar-refractivity contribution in [3.8, 4) is 11.5 Å². The van der Waals surface area contributed by atoms with E-state index < -0.39 is 5.97 Å². The standard InChI is InChI=1S/C18H14ClN3O4S/c1-25-17(24)13-4-2-3-5-14(13)20-15(23)10-27-18-22-21-16(26-18)11-6-8-12(19)9-7-11/h2-9H,10H2,1H3,(H,20,23). The summed E-state index contributed by atoms with van der Waals surface area (Å²) in [7, 11) is 1.28. The van der Waals surface area contributed by atoms with Crippen molar-refractivity contribution in [1.29, 1.82) is 0 Å². The molecule has 0 aliphatic rings. The zero-order valence-electron chi connectivity index (χ0n) is 14.1. The molecule has 0 atom stereocenters. The van der Waals surface area contributed by atoms with Crippen molar-refractivity contribution < 1.29 is 18.7 Å². The van der Waals surface area contributed by atoms with Crippen molar-refractivity contribution in [1.82, 2.24) is 10.2 Å². The van der Waals surface area contributed by atoms with E-state index in [1.165, 1.54) is 7.11 Å². The Morgan fingerprint density at radius 1 is 1.15 bits per heavy atom. The number of nitrogens with one attached hydrogen (secondary N) is 1. The summed E-state index contributed by atoms with van der Waals surface area (Å²) < 4.78 is 10.2. The van der Waals surface area contributed by atoms with Gasteiger partial charge in [-0.05, 0) is 36.4 Å². The number of ether oxygens (including phenoxy) is 1. The van der Waals surface area contributed by atoms with Crippen molar-refractivity contribution >= 4 is 40.9 Å². The Labute approximate surface area is 164 Å². The number of anilines is 1. The minimum Gasteiger partial charge on any atom is -0.465 e. The molecule has 0 bridgehead atoms. The first-order valence-electron chi connectivity index (χ1n) is 7.76. The van der Waals surface area contributed by atoms with Crippen LogP contribution in [0.15, 0.2) is 58.2 Å². The molecule has 0 fully saturated rings. The third-order valence-corrected chi connectivity index (χ3v) is 4.50. The molecule has 0 aliphatic carbocycles. The summed E-state index contributed by atoms with van der Waals surface area (Å²) in [5, 5.41) is 11.4. The highest BCUT2D eigenvalue weighted by atomic mass is 35.5. The van der Waals surface area contributed by atoms with Gasteiger partial charge in [-0.3, -0.25) is 4.79 Å². The van der Waals surface area contributed by atoms with Gasteiger partial charge in [0, 0.05) is 10.6 Å². The lowest BCUT2D eigenvalue weighted by molar-refractivity contribution is -0.113. The van der Waals surface area contributed by atoms with Crippen molar-refractivity contribution in [2.24, 2.45) is 0 Å². The fourth-order valence-corrected chi connectivity index (χ4v) is 2.86. The largest absolute Gasteiger partial charge is 0.465 e. The van der Waals surface area contributed by atoms with Gasteiger partial charge in [0.05, 0.1) is 24.1 Å². The van der Waals surface area contributed by atoms with E-state index in [1.54, 1.807) is 48.5 Å². The van der Waals surface area contributed by atoms with Crippen molar-refractivity contribution in [3.63, 3.8) is 0 Å². The van der Waals surface area contributed by atoms with Gasteiger partial charge in [0.2, 0.25) is 11.8 Å². The zero-order chi connectivity index (χ0) is 19.2. The average Bonchev–Trinajstić information content (AvgIpc) is 3.16. The third-order valence-electron chi connectivity index (χ3n) is 3.43. The number of hydrogen-bond acceptors (Lipinski definition) is 7. The number of amides is 1. The number of esters is 1. The quantitative estimate of drug-likeness (QED) is 0.492. The van der Waals surface area contributed by atoms with Crippen LogP contribution in [-0.2, 0) is 9.53 Å². The molecule has 138 valence electrons. The van der Waals surface area contributed by atoms with Gasteiger partial charge < -0.3 is 14.5 Å². The van der Waals surface area contributed by atoms with Crippen molar-refractivity contribution in [3.05, 3.63) is 59.1 Å². The fraction of sp³-hybridized carbons (Fsp3) is 0.111. The number of rotatable bonds is 6. The minimum atomic E-state index is -0.525. The van der Waals surface area contributed by atoms with E-state index >= 15 is 0 Å². The van der Waals surface area contributed by atoms with Crippen LogP contribution in [0.25, 0.3) is 11.5 Å². The molecule has 1 heterocycles. The average molecular weight is 404 g/mol. The number of hydrogen-bond donors (Lipinski definition) is 1. The predicted octanol–water partition coefficient (Wildman–Crippen LogP) is 3.91. The maximum absolute atomic E-state index is 12.2. The Balaban J connectivity index is 1.60. The second-order valence-corrected chi connectivity index (χ2v) is 6.62. The van der Waals surface area contributed by atoms with E-state index in [9.17, 15) is 9.59 Å². The molecule has 9 heteroatoms. The molecule has 1 N–H and O–H groups in total. The second-order valence-electron chi connectivity index (χ2n) is 5.25.